The molecule has 2 rings (SSSR count). The van der Waals surface area contributed by atoms with Gasteiger partial charge in [-0.2, -0.15) is 4.80 Å². The van der Waals surface area contributed by atoms with E-state index in [1.165, 1.54) is 15.4 Å². The molecule has 2 heterocycles. The number of aromatic nitrogens is 5. The first kappa shape index (κ1) is 11.8. The van der Waals surface area contributed by atoms with E-state index in [0.29, 0.717) is 5.82 Å². The van der Waals surface area contributed by atoms with Crippen LogP contribution in [0, 0.1) is 0 Å². The number of aryl methyl sites for hydroxylation is 1. The van der Waals surface area contributed by atoms with Crippen molar-refractivity contribution in [3.8, 4) is 0 Å². The SMILES string of the molecule is Cn1nnc(Cn2cccc(/C(N)=N/O)c2=O)n1. The van der Waals surface area contributed by atoms with Crippen LogP contribution in [-0.4, -0.2) is 35.8 Å². The Balaban J connectivity index is 2.38. The van der Waals surface area contributed by atoms with Crippen molar-refractivity contribution in [1.82, 2.24) is 24.8 Å². The molecule has 0 radical (unpaired) electrons. The molecule has 94 valence electrons. The highest BCUT2D eigenvalue weighted by Gasteiger charge is 2.09. The van der Waals surface area contributed by atoms with Crippen molar-refractivity contribution < 1.29 is 5.21 Å². The second kappa shape index (κ2) is 4.65. The molecule has 0 saturated heterocycles. The number of tetrazole rings is 1. The number of rotatable bonds is 3. The number of nitrogens with two attached hydrogens (primary N) is 1. The molecule has 2 aromatic rings. The molecule has 0 aliphatic carbocycles. The summed E-state index contributed by atoms with van der Waals surface area (Å²) >= 11 is 0. The van der Waals surface area contributed by atoms with Gasteiger partial charge in [-0.1, -0.05) is 5.16 Å². The van der Waals surface area contributed by atoms with Gasteiger partial charge in [0, 0.05) is 6.20 Å². The van der Waals surface area contributed by atoms with Crippen molar-refractivity contribution in [1.29, 1.82) is 0 Å². The fraction of sp³-hybridized carbons (Fsp3) is 0.222. The van der Waals surface area contributed by atoms with Crippen molar-refractivity contribution in [2.75, 3.05) is 0 Å². The molecule has 0 aliphatic heterocycles. The highest BCUT2D eigenvalue weighted by atomic mass is 16.4. The Hall–Kier alpha value is -2.71. The van der Waals surface area contributed by atoms with Crippen molar-refractivity contribution in [3.05, 3.63) is 40.1 Å². The highest BCUT2D eigenvalue weighted by Crippen LogP contribution is 1.95. The zero-order valence-electron chi connectivity index (χ0n) is 9.56. The zero-order valence-corrected chi connectivity index (χ0v) is 9.56. The molecular weight excluding hydrogens is 238 g/mol. The van der Waals surface area contributed by atoms with Gasteiger partial charge in [0.2, 0.25) is 0 Å². The van der Waals surface area contributed by atoms with Crippen LogP contribution >= 0.6 is 0 Å². The maximum Gasteiger partial charge on any atom is 0.262 e. The summed E-state index contributed by atoms with van der Waals surface area (Å²) in [5.74, 6) is 0.165. The molecule has 0 saturated carbocycles. The minimum Gasteiger partial charge on any atom is -0.409 e. The van der Waals surface area contributed by atoms with Crippen LogP contribution in [0.2, 0.25) is 0 Å². The van der Waals surface area contributed by atoms with E-state index in [9.17, 15) is 4.79 Å². The first-order valence-electron chi connectivity index (χ1n) is 5.02. The summed E-state index contributed by atoms with van der Waals surface area (Å²) < 4.78 is 1.35. The molecule has 0 fully saturated rings. The molecule has 2 aromatic heterocycles. The van der Waals surface area contributed by atoms with E-state index in [-0.39, 0.29) is 23.5 Å². The molecule has 0 aromatic carbocycles. The van der Waals surface area contributed by atoms with Crippen LogP contribution in [-0.2, 0) is 13.6 Å². The first-order valence-corrected chi connectivity index (χ1v) is 5.02. The quantitative estimate of drug-likeness (QED) is 0.295. The average molecular weight is 249 g/mol. The van der Waals surface area contributed by atoms with Crippen molar-refractivity contribution in [2.45, 2.75) is 6.54 Å². The summed E-state index contributed by atoms with van der Waals surface area (Å²) in [5, 5.41) is 22.8. The number of amidine groups is 1. The van der Waals surface area contributed by atoms with Gasteiger partial charge >= 0.3 is 0 Å². The first-order chi connectivity index (χ1) is 8.61. The molecule has 0 atom stereocenters. The van der Waals surface area contributed by atoms with Gasteiger partial charge in [-0.05, 0) is 17.3 Å². The lowest BCUT2D eigenvalue weighted by Gasteiger charge is -2.04. The minimum absolute atomic E-state index is 0.115. The van der Waals surface area contributed by atoms with E-state index in [1.807, 2.05) is 0 Å². The molecule has 0 spiro atoms. The minimum atomic E-state index is -0.389. The molecular formula is C9H11N7O2. The summed E-state index contributed by atoms with van der Waals surface area (Å²) in [6, 6.07) is 3.09. The molecule has 0 bridgehead atoms. The van der Waals surface area contributed by atoms with Gasteiger partial charge in [-0.15, -0.1) is 10.2 Å². The Morgan fingerprint density at radius 2 is 2.39 bits per heavy atom. The summed E-state index contributed by atoms with van der Waals surface area (Å²) in [6.45, 7) is 0.166. The Kier molecular flexibility index (Phi) is 3.04. The van der Waals surface area contributed by atoms with Crippen LogP contribution in [0.5, 0.6) is 0 Å². The third kappa shape index (κ3) is 2.19. The van der Waals surface area contributed by atoms with Crippen LogP contribution in [0.4, 0.5) is 0 Å². The fourth-order valence-corrected chi connectivity index (χ4v) is 1.45. The second-order valence-corrected chi connectivity index (χ2v) is 3.54. The topological polar surface area (TPSA) is 124 Å². The van der Waals surface area contributed by atoms with Crippen LogP contribution in [0.25, 0.3) is 0 Å². The highest BCUT2D eigenvalue weighted by molar-refractivity contribution is 5.96. The van der Waals surface area contributed by atoms with Gasteiger partial charge in [0.1, 0.15) is 0 Å². The maximum atomic E-state index is 12.0. The molecule has 0 amide bonds. The Labute approximate surface area is 101 Å². The Morgan fingerprint density at radius 3 is 3.00 bits per heavy atom. The zero-order chi connectivity index (χ0) is 13.1. The van der Waals surface area contributed by atoms with Crippen LogP contribution in [0.3, 0.4) is 0 Å². The van der Waals surface area contributed by atoms with E-state index in [0.717, 1.165) is 0 Å². The number of hydrogen-bond acceptors (Lipinski definition) is 6. The molecule has 9 nitrogen and oxygen atoms in total. The van der Waals surface area contributed by atoms with Crippen LogP contribution in [0.1, 0.15) is 11.4 Å². The van der Waals surface area contributed by atoms with E-state index in [4.69, 9.17) is 10.9 Å². The summed E-state index contributed by atoms with van der Waals surface area (Å²) in [4.78, 5) is 13.3. The molecule has 18 heavy (non-hydrogen) atoms. The van der Waals surface area contributed by atoms with E-state index in [1.54, 1.807) is 19.3 Å². The lowest BCUT2D eigenvalue weighted by Crippen LogP contribution is -2.30. The van der Waals surface area contributed by atoms with E-state index < -0.39 is 0 Å². The summed E-state index contributed by atoms with van der Waals surface area (Å²) in [6.07, 6.45) is 1.56. The summed E-state index contributed by atoms with van der Waals surface area (Å²) in [5.41, 5.74) is 5.13. The Bertz CT molecular complexity index is 642. The second-order valence-electron chi connectivity index (χ2n) is 3.54. The lowest BCUT2D eigenvalue weighted by atomic mass is 10.2. The number of pyridine rings is 1. The maximum absolute atomic E-state index is 12.0. The molecule has 0 aliphatic rings. The predicted octanol–water partition coefficient (Wildman–Crippen LogP) is -1.49. The number of nitrogens with zero attached hydrogens (tertiary/aromatic N) is 6. The Morgan fingerprint density at radius 1 is 1.61 bits per heavy atom. The molecule has 0 unspecified atom stereocenters. The van der Waals surface area contributed by atoms with Gasteiger partial charge in [0.05, 0.1) is 19.2 Å². The third-order valence-electron chi connectivity index (χ3n) is 2.27. The van der Waals surface area contributed by atoms with Gasteiger partial charge in [-0.25, -0.2) is 0 Å². The van der Waals surface area contributed by atoms with Gasteiger partial charge < -0.3 is 15.5 Å². The molecule has 9 heteroatoms. The smallest absolute Gasteiger partial charge is 0.262 e. The normalized spacial score (nSPS) is 11.7. The number of hydrogen-bond donors (Lipinski definition) is 2. The lowest BCUT2D eigenvalue weighted by molar-refractivity contribution is 0.318. The largest absolute Gasteiger partial charge is 0.409 e. The average Bonchev–Trinajstić information content (AvgIpc) is 2.76. The van der Waals surface area contributed by atoms with Crippen molar-refractivity contribution in [2.24, 2.45) is 17.9 Å². The van der Waals surface area contributed by atoms with Crippen LogP contribution < -0.4 is 11.3 Å². The van der Waals surface area contributed by atoms with Gasteiger partial charge in [-0.3, -0.25) is 4.79 Å². The van der Waals surface area contributed by atoms with E-state index >= 15 is 0 Å². The van der Waals surface area contributed by atoms with E-state index in [2.05, 4.69) is 20.6 Å². The van der Waals surface area contributed by atoms with Crippen molar-refractivity contribution >= 4 is 5.84 Å². The standard InChI is InChI=1S/C9H11N7O2/c1-15-12-7(11-14-15)5-16-4-2-3-6(9(16)17)8(10)13-18/h2-4,18H,5H2,1H3,(H2,10,13). The fourth-order valence-electron chi connectivity index (χ4n) is 1.45. The van der Waals surface area contributed by atoms with Crippen molar-refractivity contribution in [3.63, 3.8) is 0 Å². The number of oxime groups is 1. The molecule has 3 N–H and O–H groups in total. The third-order valence-corrected chi connectivity index (χ3v) is 2.27. The van der Waals surface area contributed by atoms with Crippen LogP contribution in [0.15, 0.2) is 28.3 Å². The summed E-state index contributed by atoms with van der Waals surface area (Å²) in [7, 11) is 1.63. The monoisotopic (exact) mass is 249 g/mol. The predicted molar refractivity (Wildman–Crippen MR) is 61.1 cm³/mol. The van der Waals surface area contributed by atoms with Gasteiger partial charge in [0.25, 0.3) is 5.56 Å². The van der Waals surface area contributed by atoms with Gasteiger partial charge in [0.15, 0.2) is 11.7 Å².